The van der Waals surface area contributed by atoms with Crippen LogP contribution in [0.5, 0.6) is 0 Å². The first-order valence-electron chi connectivity index (χ1n) is 7.78. The van der Waals surface area contributed by atoms with E-state index >= 15 is 0 Å². The van der Waals surface area contributed by atoms with Gasteiger partial charge in [0.25, 0.3) is 0 Å². The molecule has 0 aromatic carbocycles. The molecule has 1 amide bonds. The van der Waals surface area contributed by atoms with E-state index < -0.39 is 0 Å². The van der Waals surface area contributed by atoms with E-state index in [0.29, 0.717) is 26.3 Å². The Morgan fingerprint density at radius 2 is 2.22 bits per heavy atom. The third-order valence-electron chi connectivity index (χ3n) is 3.81. The topological polar surface area (TPSA) is 72.3 Å². The smallest absolute Gasteiger partial charge is 0.244 e. The largest absolute Gasteiger partial charge is 0.378 e. The van der Waals surface area contributed by atoms with Gasteiger partial charge >= 0.3 is 0 Å². The molecule has 3 heterocycles. The van der Waals surface area contributed by atoms with Crippen molar-refractivity contribution in [1.29, 1.82) is 0 Å². The summed E-state index contributed by atoms with van der Waals surface area (Å²) in [5.41, 5.74) is 1.84. The minimum absolute atomic E-state index is 0.0701. The Morgan fingerprint density at radius 3 is 2.96 bits per heavy atom. The second-order valence-corrected chi connectivity index (χ2v) is 5.54. The zero-order valence-electron chi connectivity index (χ0n) is 13.2. The summed E-state index contributed by atoms with van der Waals surface area (Å²) in [5.74, 6) is 0.0701. The lowest BCUT2D eigenvalue weighted by atomic mass is 10.2. The highest BCUT2D eigenvalue weighted by Gasteiger charge is 2.17. The molecule has 1 aliphatic heterocycles. The normalized spacial score (nSPS) is 16.1. The van der Waals surface area contributed by atoms with Crippen LogP contribution < -0.4 is 5.32 Å². The first-order valence-corrected chi connectivity index (χ1v) is 7.78. The van der Waals surface area contributed by atoms with Crippen LogP contribution in [0.15, 0.2) is 36.8 Å². The van der Waals surface area contributed by atoms with Crippen molar-refractivity contribution in [2.45, 2.75) is 19.5 Å². The molecule has 3 rings (SSSR count). The maximum absolute atomic E-state index is 12.2. The highest BCUT2D eigenvalue weighted by atomic mass is 16.5. The summed E-state index contributed by atoms with van der Waals surface area (Å²) in [4.78, 5) is 18.3. The third-order valence-corrected chi connectivity index (χ3v) is 3.81. The van der Waals surface area contributed by atoms with Gasteiger partial charge in [0.05, 0.1) is 36.8 Å². The van der Waals surface area contributed by atoms with E-state index in [1.807, 2.05) is 36.2 Å². The summed E-state index contributed by atoms with van der Waals surface area (Å²) in [5, 5.41) is 7.59. The van der Waals surface area contributed by atoms with Crippen LogP contribution in [0.2, 0.25) is 0 Å². The Hall–Kier alpha value is -2.41. The van der Waals surface area contributed by atoms with Crippen molar-refractivity contribution in [3.05, 3.63) is 42.5 Å². The molecular formula is C16H21N5O2. The Labute approximate surface area is 135 Å². The van der Waals surface area contributed by atoms with Crippen molar-refractivity contribution in [2.75, 3.05) is 31.6 Å². The van der Waals surface area contributed by atoms with Crippen molar-refractivity contribution in [3.63, 3.8) is 0 Å². The van der Waals surface area contributed by atoms with Gasteiger partial charge in [-0.1, -0.05) is 6.07 Å². The van der Waals surface area contributed by atoms with Gasteiger partial charge in [-0.25, -0.2) is 0 Å². The number of morpholine rings is 1. The summed E-state index contributed by atoms with van der Waals surface area (Å²) in [6.07, 6.45) is 5.35. The summed E-state index contributed by atoms with van der Waals surface area (Å²) < 4.78 is 6.92. The van der Waals surface area contributed by atoms with Gasteiger partial charge in [-0.15, -0.1) is 0 Å². The molecule has 1 N–H and O–H groups in total. The highest BCUT2D eigenvalue weighted by molar-refractivity contribution is 5.76. The number of ether oxygens (including phenoxy) is 1. The van der Waals surface area contributed by atoms with Crippen molar-refractivity contribution in [3.8, 4) is 0 Å². The molecule has 7 heteroatoms. The van der Waals surface area contributed by atoms with Crippen molar-refractivity contribution >= 4 is 11.6 Å². The Kier molecular flexibility index (Phi) is 4.87. The van der Waals surface area contributed by atoms with E-state index in [-0.39, 0.29) is 18.5 Å². The highest BCUT2D eigenvalue weighted by Crippen LogP contribution is 2.16. The fourth-order valence-corrected chi connectivity index (χ4v) is 2.53. The number of hydrogen-bond acceptors (Lipinski definition) is 5. The minimum Gasteiger partial charge on any atom is -0.378 e. The molecule has 1 aliphatic rings. The molecule has 0 spiro atoms. The lowest BCUT2D eigenvalue weighted by Crippen LogP contribution is -2.42. The van der Waals surface area contributed by atoms with Crippen LogP contribution in [-0.4, -0.2) is 51.9 Å². The fraction of sp³-hybridized carbons (Fsp3) is 0.438. The van der Waals surface area contributed by atoms with Crippen molar-refractivity contribution < 1.29 is 9.53 Å². The second-order valence-electron chi connectivity index (χ2n) is 5.54. The molecule has 0 radical (unpaired) electrons. The number of carbonyl (C=O) groups is 1. The standard InChI is InChI=1S/C16H21N5O2/c1-13(15-4-2-3-5-17-15)19-14-10-18-21(11-14)12-16(22)20-6-8-23-9-7-20/h2-5,10-11,13,19H,6-9,12H2,1H3/t13-/m0/s1. The van der Waals surface area contributed by atoms with E-state index in [1.54, 1.807) is 17.1 Å². The van der Waals surface area contributed by atoms with E-state index in [0.717, 1.165) is 11.4 Å². The molecule has 0 aliphatic carbocycles. The van der Waals surface area contributed by atoms with Gasteiger partial charge in [-0.2, -0.15) is 5.10 Å². The molecule has 1 saturated heterocycles. The Morgan fingerprint density at radius 1 is 1.39 bits per heavy atom. The van der Waals surface area contributed by atoms with Crippen LogP contribution in [0.1, 0.15) is 18.7 Å². The summed E-state index contributed by atoms with van der Waals surface area (Å²) in [6.45, 7) is 4.82. The third kappa shape index (κ3) is 4.07. The monoisotopic (exact) mass is 315 g/mol. The van der Waals surface area contributed by atoms with Crippen LogP contribution in [0.4, 0.5) is 5.69 Å². The molecule has 1 fully saturated rings. The number of aromatic nitrogens is 3. The molecular weight excluding hydrogens is 294 g/mol. The van der Waals surface area contributed by atoms with Gasteiger partial charge < -0.3 is 15.0 Å². The maximum Gasteiger partial charge on any atom is 0.244 e. The zero-order valence-corrected chi connectivity index (χ0v) is 13.2. The number of hydrogen-bond donors (Lipinski definition) is 1. The molecule has 122 valence electrons. The number of carbonyl (C=O) groups excluding carboxylic acids is 1. The molecule has 7 nitrogen and oxygen atoms in total. The minimum atomic E-state index is 0.0701. The lowest BCUT2D eigenvalue weighted by molar-refractivity contribution is -0.136. The molecule has 23 heavy (non-hydrogen) atoms. The van der Waals surface area contributed by atoms with E-state index in [9.17, 15) is 4.79 Å². The number of rotatable bonds is 5. The van der Waals surface area contributed by atoms with Gasteiger partial charge in [0.2, 0.25) is 5.91 Å². The van der Waals surface area contributed by atoms with Crippen LogP contribution in [0.3, 0.4) is 0 Å². The number of nitrogens with one attached hydrogen (secondary N) is 1. The molecule has 0 unspecified atom stereocenters. The number of anilines is 1. The number of pyridine rings is 1. The van der Waals surface area contributed by atoms with Crippen LogP contribution >= 0.6 is 0 Å². The average Bonchev–Trinajstić information content (AvgIpc) is 3.03. The van der Waals surface area contributed by atoms with Gasteiger partial charge in [0, 0.05) is 25.5 Å². The summed E-state index contributed by atoms with van der Waals surface area (Å²) in [6, 6.07) is 5.91. The lowest BCUT2D eigenvalue weighted by Gasteiger charge is -2.26. The second kappa shape index (κ2) is 7.23. The quantitative estimate of drug-likeness (QED) is 0.901. The molecule has 0 bridgehead atoms. The Balaban J connectivity index is 1.56. The SMILES string of the molecule is C[C@H](Nc1cnn(CC(=O)N2CCOCC2)c1)c1ccccn1. The summed E-state index contributed by atoms with van der Waals surface area (Å²) >= 11 is 0. The van der Waals surface area contributed by atoms with Crippen LogP contribution in [0, 0.1) is 0 Å². The zero-order chi connectivity index (χ0) is 16.1. The average molecular weight is 315 g/mol. The van der Waals surface area contributed by atoms with Crippen LogP contribution in [-0.2, 0) is 16.1 Å². The summed E-state index contributed by atoms with van der Waals surface area (Å²) in [7, 11) is 0. The van der Waals surface area contributed by atoms with Gasteiger partial charge in [-0.3, -0.25) is 14.5 Å². The fourth-order valence-electron chi connectivity index (χ4n) is 2.53. The van der Waals surface area contributed by atoms with Crippen molar-refractivity contribution in [2.24, 2.45) is 0 Å². The van der Waals surface area contributed by atoms with E-state index in [4.69, 9.17) is 4.74 Å². The molecule has 2 aromatic rings. The van der Waals surface area contributed by atoms with Gasteiger partial charge in [0.15, 0.2) is 0 Å². The number of nitrogens with zero attached hydrogens (tertiary/aromatic N) is 4. The molecule has 0 saturated carbocycles. The van der Waals surface area contributed by atoms with Gasteiger partial charge in [-0.05, 0) is 19.1 Å². The van der Waals surface area contributed by atoms with Crippen molar-refractivity contribution in [1.82, 2.24) is 19.7 Å². The maximum atomic E-state index is 12.2. The van der Waals surface area contributed by atoms with Gasteiger partial charge in [0.1, 0.15) is 6.54 Å². The first-order chi connectivity index (χ1) is 11.2. The Bertz CT molecular complexity index is 637. The molecule has 1 atom stereocenters. The van der Waals surface area contributed by atoms with E-state index in [1.165, 1.54) is 0 Å². The number of amides is 1. The van der Waals surface area contributed by atoms with E-state index in [2.05, 4.69) is 15.4 Å². The predicted octanol–water partition coefficient (Wildman–Crippen LogP) is 1.31. The predicted molar refractivity (Wildman–Crippen MR) is 85.9 cm³/mol. The van der Waals surface area contributed by atoms with Crippen LogP contribution in [0.25, 0.3) is 0 Å². The first kappa shape index (κ1) is 15.5. The molecule has 2 aromatic heterocycles.